The van der Waals surface area contributed by atoms with Crippen molar-refractivity contribution in [3.8, 4) is 5.75 Å². The van der Waals surface area contributed by atoms with E-state index in [0.29, 0.717) is 13.0 Å². The Bertz CT molecular complexity index is 1030. The molecule has 0 aliphatic carbocycles. The molecule has 2 aromatic heterocycles. The Balaban J connectivity index is 2.20. The summed E-state index contributed by atoms with van der Waals surface area (Å²) in [4.78, 5) is 28.1. The monoisotopic (exact) mass is 443 g/mol. The van der Waals surface area contributed by atoms with E-state index in [4.69, 9.17) is 9.47 Å². The number of pyridine rings is 1. The number of sulfonamides is 1. The maximum Gasteiger partial charge on any atom is 0.354 e. The van der Waals surface area contributed by atoms with Crippen molar-refractivity contribution in [2.24, 2.45) is 0 Å². The number of carboxylic acids is 1. The number of nitrogens with one attached hydrogen (secondary N) is 2. The fourth-order valence-corrected chi connectivity index (χ4v) is 4.93. The summed E-state index contributed by atoms with van der Waals surface area (Å²) in [5.41, 5.74) is 0.735. The second-order valence-electron chi connectivity index (χ2n) is 5.96. The minimum Gasteiger partial charge on any atom is -0.496 e. The summed E-state index contributed by atoms with van der Waals surface area (Å²) in [5.74, 6) is -1.29. The molecule has 0 aliphatic rings. The summed E-state index contributed by atoms with van der Waals surface area (Å²) in [6.45, 7) is 3.72. The first-order valence-electron chi connectivity index (χ1n) is 8.30. The van der Waals surface area contributed by atoms with E-state index in [1.807, 2.05) is 4.72 Å². The van der Waals surface area contributed by atoms with E-state index in [2.05, 4.69) is 10.3 Å². The molecule has 2 heterocycles. The Hall–Kier alpha value is -2.70. The van der Waals surface area contributed by atoms with Crippen LogP contribution >= 0.6 is 11.3 Å². The first-order valence-corrected chi connectivity index (χ1v) is 10.6. The first-order chi connectivity index (χ1) is 13.6. The SMILES string of the molecule is COCCc1sc(S(=O)(=O)NC(=O)Nc2cc(OC)c(C)c(C(=O)O)n2)cc1C. The molecule has 0 radical (unpaired) electrons. The van der Waals surface area contributed by atoms with Gasteiger partial charge in [0.15, 0.2) is 5.69 Å². The Morgan fingerprint density at radius 1 is 1.24 bits per heavy atom. The van der Waals surface area contributed by atoms with Crippen molar-refractivity contribution >= 4 is 39.2 Å². The third-order valence-electron chi connectivity index (χ3n) is 3.91. The molecule has 0 unspecified atom stereocenters. The van der Waals surface area contributed by atoms with E-state index in [1.54, 1.807) is 14.0 Å². The number of anilines is 1. The molecular weight excluding hydrogens is 422 g/mol. The fraction of sp³-hybridized carbons (Fsp3) is 0.353. The number of aromatic nitrogens is 1. The number of urea groups is 1. The number of aryl methyl sites for hydroxylation is 1. The molecule has 2 rings (SSSR count). The second kappa shape index (κ2) is 9.20. The Kier molecular flexibility index (Phi) is 7.16. The van der Waals surface area contributed by atoms with Gasteiger partial charge in [-0.25, -0.2) is 27.7 Å². The topological polar surface area (TPSA) is 144 Å². The number of carbonyl (C=O) groups is 2. The number of carbonyl (C=O) groups excluding carboxylic acids is 1. The third kappa shape index (κ3) is 5.43. The summed E-state index contributed by atoms with van der Waals surface area (Å²) in [5, 5.41) is 11.4. The lowest BCUT2D eigenvalue weighted by Gasteiger charge is -2.11. The van der Waals surface area contributed by atoms with Crippen molar-refractivity contribution < 1.29 is 32.6 Å². The number of thiophene rings is 1. The molecule has 158 valence electrons. The zero-order valence-electron chi connectivity index (χ0n) is 16.2. The molecule has 0 atom stereocenters. The van der Waals surface area contributed by atoms with Crippen LogP contribution < -0.4 is 14.8 Å². The lowest BCUT2D eigenvalue weighted by molar-refractivity contribution is 0.0689. The quantitative estimate of drug-likeness (QED) is 0.563. The van der Waals surface area contributed by atoms with Gasteiger partial charge in [-0.3, -0.25) is 5.32 Å². The molecule has 29 heavy (non-hydrogen) atoms. The maximum atomic E-state index is 12.5. The summed E-state index contributed by atoms with van der Waals surface area (Å²) >= 11 is 1.05. The predicted octanol–water partition coefficient (Wildman–Crippen LogP) is 2.17. The highest BCUT2D eigenvalue weighted by Crippen LogP contribution is 2.27. The molecule has 3 N–H and O–H groups in total. The lowest BCUT2D eigenvalue weighted by atomic mass is 10.2. The van der Waals surface area contributed by atoms with Gasteiger partial charge in [-0.2, -0.15) is 0 Å². The molecule has 12 heteroatoms. The molecule has 0 spiro atoms. The number of amides is 2. The number of carboxylic acid groups (broad SMARTS) is 1. The van der Waals surface area contributed by atoms with Crippen LogP contribution in [-0.2, 0) is 21.2 Å². The lowest BCUT2D eigenvalue weighted by Crippen LogP contribution is -2.34. The number of rotatable bonds is 8. The number of aromatic carboxylic acids is 1. The van der Waals surface area contributed by atoms with Crippen molar-refractivity contribution in [3.63, 3.8) is 0 Å². The van der Waals surface area contributed by atoms with Crippen LogP contribution in [0.4, 0.5) is 10.6 Å². The van der Waals surface area contributed by atoms with E-state index in [0.717, 1.165) is 21.8 Å². The Morgan fingerprint density at radius 2 is 1.93 bits per heavy atom. The molecule has 10 nitrogen and oxygen atoms in total. The van der Waals surface area contributed by atoms with Crippen molar-refractivity contribution in [1.82, 2.24) is 9.71 Å². The van der Waals surface area contributed by atoms with Crippen LogP contribution in [0, 0.1) is 13.8 Å². The number of hydrogen-bond acceptors (Lipinski definition) is 8. The summed E-state index contributed by atoms with van der Waals surface area (Å²) in [6, 6.07) is 1.69. The van der Waals surface area contributed by atoms with E-state index in [9.17, 15) is 23.1 Å². The standard InChI is InChI=1S/C17H21N3O7S2/c1-9-7-14(28-12(9)5-6-26-3)29(24,25)20-17(23)19-13-8-11(27-4)10(2)15(18-13)16(21)22/h7-8H,5-6H2,1-4H3,(H,21,22)(H2,18,19,20,23). The molecule has 2 aromatic rings. The van der Waals surface area contributed by atoms with E-state index >= 15 is 0 Å². The van der Waals surface area contributed by atoms with Gasteiger partial charge in [-0.1, -0.05) is 0 Å². The zero-order chi connectivity index (χ0) is 21.8. The van der Waals surface area contributed by atoms with Gasteiger partial charge in [-0.05, 0) is 25.5 Å². The van der Waals surface area contributed by atoms with Crippen LogP contribution in [0.2, 0.25) is 0 Å². The predicted molar refractivity (Wildman–Crippen MR) is 106 cm³/mol. The van der Waals surface area contributed by atoms with E-state index in [-0.39, 0.29) is 27.0 Å². The molecule has 0 fully saturated rings. The van der Waals surface area contributed by atoms with Crippen molar-refractivity contribution in [3.05, 3.63) is 33.8 Å². The van der Waals surface area contributed by atoms with Crippen LogP contribution in [0.3, 0.4) is 0 Å². The Labute approximate surface area is 171 Å². The average Bonchev–Trinajstić information content (AvgIpc) is 3.02. The number of ether oxygens (including phenoxy) is 2. The van der Waals surface area contributed by atoms with Crippen LogP contribution in [-0.4, -0.2) is 51.3 Å². The largest absolute Gasteiger partial charge is 0.496 e. The van der Waals surface area contributed by atoms with Gasteiger partial charge in [0, 0.05) is 30.0 Å². The molecule has 0 bridgehead atoms. The first kappa shape index (κ1) is 22.6. The zero-order valence-corrected chi connectivity index (χ0v) is 17.9. The molecule has 0 saturated carbocycles. The van der Waals surface area contributed by atoms with E-state index < -0.39 is 22.0 Å². The van der Waals surface area contributed by atoms with Gasteiger partial charge in [0.2, 0.25) is 0 Å². The fourth-order valence-electron chi connectivity index (χ4n) is 2.45. The van der Waals surface area contributed by atoms with Gasteiger partial charge < -0.3 is 14.6 Å². The van der Waals surface area contributed by atoms with Crippen molar-refractivity contribution in [2.45, 2.75) is 24.5 Å². The third-order valence-corrected chi connectivity index (χ3v) is 7.01. The van der Waals surface area contributed by atoms with Gasteiger partial charge in [0.05, 0.1) is 13.7 Å². The molecule has 0 aromatic carbocycles. The highest BCUT2D eigenvalue weighted by molar-refractivity contribution is 7.92. The van der Waals surface area contributed by atoms with Crippen LogP contribution in [0.15, 0.2) is 16.3 Å². The maximum absolute atomic E-state index is 12.5. The highest BCUT2D eigenvalue weighted by atomic mass is 32.2. The summed E-state index contributed by atoms with van der Waals surface area (Å²) < 4.78 is 36.9. The van der Waals surface area contributed by atoms with Crippen molar-refractivity contribution in [1.29, 1.82) is 0 Å². The van der Waals surface area contributed by atoms with Gasteiger partial charge >= 0.3 is 12.0 Å². The summed E-state index contributed by atoms with van der Waals surface area (Å²) in [6.07, 6.45) is 0.555. The van der Waals surface area contributed by atoms with Crippen LogP contribution in [0.5, 0.6) is 5.75 Å². The number of hydrogen-bond donors (Lipinski definition) is 3. The van der Waals surface area contributed by atoms with Crippen molar-refractivity contribution in [2.75, 3.05) is 26.1 Å². The summed E-state index contributed by atoms with van der Waals surface area (Å²) in [7, 11) is -1.23. The molecule has 2 amide bonds. The number of methoxy groups -OCH3 is 2. The minimum atomic E-state index is -4.12. The molecule has 0 saturated heterocycles. The number of nitrogens with zero attached hydrogens (tertiary/aromatic N) is 1. The van der Waals surface area contributed by atoms with E-state index in [1.165, 1.54) is 26.2 Å². The highest BCUT2D eigenvalue weighted by Gasteiger charge is 2.23. The van der Waals surface area contributed by atoms with Crippen LogP contribution in [0.1, 0.15) is 26.5 Å². The van der Waals surface area contributed by atoms with Gasteiger partial charge in [0.1, 0.15) is 15.8 Å². The second-order valence-corrected chi connectivity index (χ2v) is 9.01. The normalized spacial score (nSPS) is 11.2. The minimum absolute atomic E-state index is 0.0167. The van der Waals surface area contributed by atoms with Crippen LogP contribution in [0.25, 0.3) is 0 Å². The Morgan fingerprint density at radius 3 is 2.52 bits per heavy atom. The average molecular weight is 444 g/mol. The van der Waals surface area contributed by atoms with Gasteiger partial charge in [0.25, 0.3) is 10.0 Å². The smallest absolute Gasteiger partial charge is 0.354 e. The molecule has 0 aliphatic heterocycles. The van der Waals surface area contributed by atoms with Gasteiger partial charge in [-0.15, -0.1) is 11.3 Å². The molecular formula is C17H21N3O7S2.